The van der Waals surface area contributed by atoms with Gasteiger partial charge in [-0.2, -0.15) is 0 Å². The summed E-state index contributed by atoms with van der Waals surface area (Å²) < 4.78 is 21.6. The van der Waals surface area contributed by atoms with E-state index >= 15 is 0 Å². The van der Waals surface area contributed by atoms with Crippen LogP contribution < -0.4 is 11.5 Å². The van der Waals surface area contributed by atoms with Crippen molar-refractivity contribution in [3.05, 3.63) is 22.1 Å². The van der Waals surface area contributed by atoms with Gasteiger partial charge >= 0.3 is 0 Å². The van der Waals surface area contributed by atoms with E-state index < -0.39 is 20.8 Å². The average molecular weight is 174 g/mol. The quantitative estimate of drug-likeness (QED) is 0.509. The predicted molar refractivity (Wildman–Crippen MR) is 38.5 cm³/mol. The van der Waals surface area contributed by atoms with Crippen molar-refractivity contribution >= 4 is 15.7 Å². The molecule has 0 saturated heterocycles. The average Bonchev–Trinajstić information content (AvgIpc) is 2.09. The third-order valence-corrected chi connectivity index (χ3v) is 2.58. The van der Waals surface area contributed by atoms with Gasteiger partial charge in [-0.15, -0.1) is 0 Å². The molecule has 0 aliphatic carbocycles. The largest absolute Gasteiger partial charge is 0.389 e. The Kier molecular flexibility index (Phi) is 1.48. The highest BCUT2D eigenvalue weighted by atomic mass is 32.2. The van der Waals surface area contributed by atoms with Crippen molar-refractivity contribution in [2.45, 2.75) is 0 Å². The van der Waals surface area contributed by atoms with Gasteiger partial charge in [-0.1, -0.05) is 0 Å². The highest BCUT2D eigenvalue weighted by Crippen LogP contribution is 2.17. The predicted octanol–water partition coefficient (Wildman–Crippen LogP) is -1.42. The lowest BCUT2D eigenvalue weighted by atomic mass is 10.3. The van der Waals surface area contributed by atoms with Gasteiger partial charge in [0, 0.05) is 5.41 Å². The van der Waals surface area contributed by atoms with E-state index in [1.54, 1.807) is 0 Å². The maximum absolute atomic E-state index is 10.8. The van der Waals surface area contributed by atoms with E-state index in [1.807, 2.05) is 0 Å². The van der Waals surface area contributed by atoms with Crippen molar-refractivity contribution in [3.8, 4) is 0 Å². The lowest BCUT2D eigenvalue weighted by Gasteiger charge is -1.94. The SMILES string of the molecule is NC(=O)C1=C(N)S(=O)(=O)C=C1. The summed E-state index contributed by atoms with van der Waals surface area (Å²) in [6.07, 6.45) is 1.09. The van der Waals surface area contributed by atoms with E-state index in [0.717, 1.165) is 11.5 Å². The summed E-state index contributed by atoms with van der Waals surface area (Å²) in [7, 11) is -3.54. The third-order valence-electron chi connectivity index (χ3n) is 1.25. The van der Waals surface area contributed by atoms with E-state index in [1.165, 1.54) is 0 Å². The molecule has 0 atom stereocenters. The lowest BCUT2D eigenvalue weighted by molar-refractivity contribution is -0.114. The number of amides is 1. The molecule has 1 amide bonds. The van der Waals surface area contributed by atoms with Crippen LogP contribution in [0.5, 0.6) is 0 Å². The zero-order chi connectivity index (χ0) is 8.65. The van der Waals surface area contributed by atoms with Crippen LogP contribution in [0.3, 0.4) is 0 Å². The molecule has 6 heteroatoms. The van der Waals surface area contributed by atoms with Gasteiger partial charge < -0.3 is 11.5 Å². The molecule has 0 aromatic carbocycles. The highest BCUT2D eigenvalue weighted by Gasteiger charge is 2.23. The van der Waals surface area contributed by atoms with E-state index in [9.17, 15) is 13.2 Å². The zero-order valence-electron chi connectivity index (χ0n) is 5.44. The molecule has 0 unspecified atom stereocenters. The van der Waals surface area contributed by atoms with Crippen molar-refractivity contribution in [3.63, 3.8) is 0 Å². The highest BCUT2D eigenvalue weighted by molar-refractivity contribution is 7.98. The Bertz CT molecular complexity index is 363. The summed E-state index contributed by atoms with van der Waals surface area (Å²) in [5.74, 6) is -0.833. The maximum Gasteiger partial charge on any atom is 0.251 e. The minimum Gasteiger partial charge on any atom is -0.389 e. The number of carbonyl (C=O) groups is 1. The fraction of sp³-hybridized carbons (Fsp3) is 0. The first kappa shape index (κ1) is 7.80. The standard InChI is InChI=1S/C5H6N2O3S/c6-4(8)3-1-2-11(9,10)5(3)7/h1-2H,7H2,(H2,6,8). The van der Waals surface area contributed by atoms with Gasteiger partial charge in [0.15, 0.2) is 0 Å². The van der Waals surface area contributed by atoms with E-state index in [2.05, 4.69) is 0 Å². The molecule has 0 radical (unpaired) electrons. The fourth-order valence-electron chi connectivity index (χ4n) is 0.670. The molecule has 0 aromatic rings. The Morgan fingerprint density at radius 2 is 2.00 bits per heavy atom. The van der Waals surface area contributed by atoms with Gasteiger partial charge in [-0.3, -0.25) is 4.79 Å². The van der Waals surface area contributed by atoms with Gasteiger partial charge in [0.25, 0.3) is 5.91 Å². The van der Waals surface area contributed by atoms with Gasteiger partial charge in [0.05, 0.1) is 5.57 Å². The zero-order valence-corrected chi connectivity index (χ0v) is 6.26. The second kappa shape index (κ2) is 2.09. The number of rotatable bonds is 1. The number of primary amides is 1. The summed E-state index contributed by atoms with van der Waals surface area (Å²) in [4.78, 5) is 10.5. The van der Waals surface area contributed by atoms with E-state index in [4.69, 9.17) is 11.5 Å². The molecule has 1 aliphatic rings. The molecule has 1 heterocycles. The molecule has 0 spiro atoms. The molecule has 0 fully saturated rings. The van der Waals surface area contributed by atoms with Crippen LogP contribution in [0.4, 0.5) is 0 Å². The molecule has 11 heavy (non-hydrogen) atoms. The van der Waals surface area contributed by atoms with Crippen LogP contribution in [0.1, 0.15) is 0 Å². The fourth-order valence-corrected chi connectivity index (χ4v) is 1.61. The molecule has 60 valence electrons. The molecule has 5 nitrogen and oxygen atoms in total. The normalized spacial score (nSPS) is 20.7. The van der Waals surface area contributed by atoms with E-state index in [0.29, 0.717) is 0 Å². The molecule has 4 N–H and O–H groups in total. The first-order valence-corrected chi connectivity index (χ1v) is 4.22. The first-order chi connectivity index (χ1) is 4.95. The van der Waals surface area contributed by atoms with Crippen molar-refractivity contribution in [1.29, 1.82) is 0 Å². The molecular formula is C5H6N2O3S. The van der Waals surface area contributed by atoms with Crippen LogP contribution >= 0.6 is 0 Å². The van der Waals surface area contributed by atoms with Crippen LogP contribution in [-0.4, -0.2) is 14.3 Å². The lowest BCUT2D eigenvalue weighted by Crippen LogP contribution is -2.17. The number of nitrogens with two attached hydrogens (primary N) is 2. The Balaban J connectivity index is 3.32. The Morgan fingerprint density at radius 1 is 1.45 bits per heavy atom. The second-order valence-corrected chi connectivity index (χ2v) is 3.79. The van der Waals surface area contributed by atoms with Gasteiger partial charge in [0.1, 0.15) is 5.03 Å². The molecule has 1 rings (SSSR count). The smallest absolute Gasteiger partial charge is 0.251 e. The number of hydrogen-bond acceptors (Lipinski definition) is 4. The first-order valence-electron chi connectivity index (χ1n) is 2.68. The summed E-state index contributed by atoms with van der Waals surface area (Å²) >= 11 is 0. The monoisotopic (exact) mass is 174 g/mol. The minimum absolute atomic E-state index is 0.148. The molecule has 1 aliphatic heterocycles. The van der Waals surface area contributed by atoms with Crippen molar-refractivity contribution in [2.24, 2.45) is 11.5 Å². The molecule has 0 bridgehead atoms. The van der Waals surface area contributed by atoms with Crippen LogP contribution in [0.2, 0.25) is 0 Å². The number of hydrogen-bond donors (Lipinski definition) is 2. The van der Waals surface area contributed by atoms with E-state index in [-0.39, 0.29) is 5.57 Å². The van der Waals surface area contributed by atoms with Crippen molar-refractivity contribution in [2.75, 3.05) is 0 Å². The van der Waals surface area contributed by atoms with Crippen LogP contribution in [0, 0.1) is 0 Å². The topological polar surface area (TPSA) is 103 Å². The molecular weight excluding hydrogens is 168 g/mol. The van der Waals surface area contributed by atoms with Gasteiger partial charge in [0.2, 0.25) is 9.84 Å². The number of sulfone groups is 1. The number of carbonyl (C=O) groups excluding carboxylic acids is 1. The van der Waals surface area contributed by atoms with Gasteiger partial charge in [-0.05, 0) is 6.08 Å². The van der Waals surface area contributed by atoms with Gasteiger partial charge in [-0.25, -0.2) is 8.42 Å². The van der Waals surface area contributed by atoms with Crippen LogP contribution in [-0.2, 0) is 14.6 Å². The summed E-state index contributed by atoms with van der Waals surface area (Å²) in [5, 5.41) is 0.382. The maximum atomic E-state index is 10.8. The summed E-state index contributed by atoms with van der Waals surface area (Å²) in [6, 6.07) is 0. The van der Waals surface area contributed by atoms with Crippen LogP contribution in [0.25, 0.3) is 0 Å². The summed E-state index contributed by atoms with van der Waals surface area (Å²) in [6.45, 7) is 0. The molecule has 0 aromatic heterocycles. The molecule has 0 saturated carbocycles. The Hall–Kier alpha value is -1.30. The minimum atomic E-state index is -3.54. The third kappa shape index (κ3) is 1.12. The van der Waals surface area contributed by atoms with Crippen LogP contribution in [0.15, 0.2) is 22.1 Å². The summed E-state index contributed by atoms with van der Waals surface area (Å²) in [5.41, 5.74) is 9.75. The van der Waals surface area contributed by atoms with Crippen molar-refractivity contribution in [1.82, 2.24) is 0 Å². The Labute approximate surface area is 63.3 Å². The Morgan fingerprint density at radius 3 is 2.18 bits per heavy atom. The van der Waals surface area contributed by atoms with Crippen molar-refractivity contribution < 1.29 is 13.2 Å². The second-order valence-electron chi connectivity index (χ2n) is 1.99.